The van der Waals surface area contributed by atoms with E-state index in [1.54, 1.807) is 7.11 Å². The van der Waals surface area contributed by atoms with Gasteiger partial charge in [-0.05, 0) is 44.2 Å². The summed E-state index contributed by atoms with van der Waals surface area (Å²) >= 11 is 0. The standard InChI is InChI=1S/C23H34N4O2.HI/c1-24-22(26-20-17-10-15-29-21(17)23(20)11-5-12-23)25-16-8-13-27(14-9-16)18-6-3-4-7-19(18)28-2;/h3-4,6-7,16-17,20-21H,5,8-15H2,1-2H3,(H2,24,25,26);1H. The van der Waals surface area contributed by atoms with Crippen LogP contribution in [-0.2, 0) is 4.74 Å². The molecule has 5 rings (SSSR count). The maximum Gasteiger partial charge on any atom is 0.191 e. The van der Waals surface area contributed by atoms with Crippen molar-refractivity contribution in [3.63, 3.8) is 0 Å². The van der Waals surface area contributed by atoms with E-state index in [1.165, 1.54) is 31.4 Å². The Morgan fingerprint density at radius 3 is 2.60 bits per heavy atom. The molecule has 3 unspecified atom stereocenters. The molecule has 6 nitrogen and oxygen atoms in total. The fourth-order valence-corrected chi connectivity index (χ4v) is 6.12. The van der Waals surface area contributed by atoms with Gasteiger partial charge in [-0.1, -0.05) is 18.6 Å². The lowest BCUT2D eigenvalue weighted by molar-refractivity contribution is -0.171. The molecule has 1 spiro atoms. The Kier molecular flexibility index (Phi) is 6.67. The number of ether oxygens (including phenoxy) is 2. The number of hydrogen-bond acceptors (Lipinski definition) is 4. The van der Waals surface area contributed by atoms with Gasteiger partial charge in [0.2, 0.25) is 0 Å². The Morgan fingerprint density at radius 1 is 1.17 bits per heavy atom. The van der Waals surface area contributed by atoms with E-state index in [-0.39, 0.29) is 24.0 Å². The summed E-state index contributed by atoms with van der Waals surface area (Å²) in [6, 6.07) is 9.30. The third-order valence-electron chi connectivity index (χ3n) is 7.81. The predicted octanol–water partition coefficient (Wildman–Crippen LogP) is 3.40. The van der Waals surface area contributed by atoms with Crippen LogP contribution in [0.15, 0.2) is 29.3 Å². The minimum Gasteiger partial charge on any atom is -0.495 e. The summed E-state index contributed by atoms with van der Waals surface area (Å²) in [6.07, 6.45) is 7.85. The van der Waals surface area contributed by atoms with Crippen molar-refractivity contribution in [2.45, 2.75) is 56.7 Å². The largest absolute Gasteiger partial charge is 0.495 e. The van der Waals surface area contributed by atoms with Crippen molar-refractivity contribution >= 4 is 35.6 Å². The number of aliphatic imine (C=N–C) groups is 1. The molecule has 1 aromatic rings. The van der Waals surface area contributed by atoms with Gasteiger partial charge in [-0.3, -0.25) is 4.99 Å². The Balaban J connectivity index is 0.00000218. The first-order valence-electron chi connectivity index (χ1n) is 11.2. The lowest BCUT2D eigenvalue weighted by Gasteiger charge is -2.63. The van der Waals surface area contributed by atoms with Crippen molar-refractivity contribution in [1.29, 1.82) is 0 Å². The average Bonchev–Trinajstić information content (AvgIpc) is 3.15. The number of para-hydroxylation sites is 2. The quantitative estimate of drug-likeness (QED) is 0.358. The van der Waals surface area contributed by atoms with Crippen LogP contribution < -0.4 is 20.3 Å². The second kappa shape index (κ2) is 9.10. The molecule has 2 N–H and O–H groups in total. The number of halogens is 1. The number of nitrogens with one attached hydrogen (secondary N) is 2. The molecule has 0 radical (unpaired) electrons. The van der Waals surface area contributed by atoms with E-state index in [2.05, 4.69) is 32.7 Å². The third kappa shape index (κ3) is 3.66. The molecule has 2 saturated heterocycles. The zero-order valence-electron chi connectivity index (χ0n) is 18.1. The van der Waals surface area contributed by atoms with E-state index < -0.39 is 0 Å². The number of piperidine rings is 1. The van der Waals surface area contributed by atoms with Crippen molar-refractivity contribution in [3.05, 3.63) is 24.3 Å². The van der Waals surface area contributed by atoms with Crippen LogP contribution >= 0.6 is 24.0 Å². The first-order chi connectivity index (χ1) is 14.2. The number of anilines is 1. The molecular weight excluding hydrogens is 491 g/mol. The SMILES string of the molecule is CN=C(NC1CCN(c2ccccc2OC)CC1)NC1C2CCOC2C12CCC2.I. The molecule has 30 heavy (non-hydrogen) atoms. The summed E-state index contributed by atoms with van der Waals surface area (Å²) in [5.41, 5.74) is 1.58. The fourth-order valence-electron chi connectivity index (χ4n) is 6.12. The summed E-state index contributed by atoms with van der Waals surface area (Å²) in [5.74, 6) is 2.60. The highest BCUT2D eigenvalue weighted by atomic mass is 127. The van der Waals surface area contributed by atoms with Crippen LogP contribution in [0.5, 0.6) is 5.75 Å². The van der Waals surface area contributed by atoms with Crippen molar-refractivity contribution < 1.29 is 9.47 Å². The van der Waals surface area contributed by atoms with Crippen molar-refractivity contribution in [2.24, 2.45) is 16.3 Å². The molecule has 4 fully saturated rings. The lowest BCUT2D eigenvalue weighted by atomic mass is 9.46. The van der Waals surface area contributed by atoms with E-state index in [0.29, 0.717) is 29.5 Å². The van der Waals surface area contributed by atoms with E-state index >= 15 is 0 Å². The highest BCUT2D eigenvalue weighted by molar-refractivity contribution is 14.0. The molecule has 1 aromatic carbocycles. The smallest absolute Gasteiger partial charge is 0.191 e. The molecule has 2 aliphatic carbocycles. The number of guanidine groups is 1. The molecule has 0 bridgehead atoms. The number of benzene rings is 1. The molecule has 166 valence electrons. The Labute approximate surface area is 197 Å². The fraction of sp³-hybridized carbons (Fsp3) is 0.696. The van der Waals surface area contributed by atoms with Crippen LogP contribution in [0.3, 0.4) is 0 Å². The molecule has 2 saturated carbocycles. The van der Waals surface area contributed by atoms with Gasteiger partial charge in [-0.15, -0.1) is 24.0 Å². The minimum atomic E-state index is 0. The minimum absolute atomic E-state index is 0. The zero-order chi connectivity index (χ0) is 19.8. The molecular formula is C23H35IN4O2. The summed E-state index contributed by atoms with van der Waals surface area (Å²) in [6.45, 7) is 2.99. The first kappa shape index (κ1) is 22.0. The van der Waals surface area contributed by atoms with Gasteiger partial charge < -0.3 is 25.0 Å². The van der Waals surface area contributed by atoms with Gasteiger partial charge in [0.25, 0.3) is 0 Å². The monoisotopic (exact) mass is 526 g/mol. The molecule has 0 aromatic heterocycles. The number of hydrogen-bond donors (Lipinski definition) is 2. The second-order valence-electron chi connectivity index (χ2n) is 9.10. The van der Waals surface area contributed by atoms with E-state index in [1.807, 2.05) is 19.2 Å². The molecule has 4 aliphatic rings. The molecule has 3 atom stereocenters. The molecule has 7 heteroatoms. The molecule has 2 heterocycles. The van der Waals surface area contributed by atoms with Crippen LogP contribution in [0.2, 0.25) is 0 Å². The van der Waals surface area contributed by atoms with Gasteiger partial charge in [-0.25, -0.2) is 0 Å². The maximum absolute atomic E-state index is 6.06. The van der Waals surface area contributed by atoms with Crippen molar-refractivity contribution in [1.82, 2.24) is 10.6 Å². The summed E-state index contributed by atoms with van der Waals surface area (Å²) in [4.78, 5) is 7.00. The van der Waals surface area contributed by atoms with E-state index in [0.717, 1.165) is 44.2 Å². The van der Waals surface area contributed by atoms with Crippen LogP contribution in [0, 0.1) is 11.3 Å². The number of fused-ring (bicyclic) bond motifs is 2. The predicted molar refractivity (Wildman–Crippen MR) is 131 cm³/mol. The van der Waals surface area contributed by atoms with Crippen LogP contribution in [0.1, 0.15) is 38.5 Å². The zero-order valence-corrected chi connectivity index (χ0v) is 20.4. The van der Waals surface area contributed by atoms with Crippen LogP contribution in [0.25, 0.3) is 0 Å². The lowest BCUT2D eigenvalue weighted by Crippen LogP contribution is -2.72. The van der Waals surface area contributed by atoms with E-state index in [4.69, 9.17) is 9.47 Å². The van der Waals surface area contributed by atoms with E-state index in [9.17, 15) is 0 Å². The Bertz CT molecular complexity index is 761. The maximum atomic E-state index is 6.06. The first-order valence-corrected chi connectivity index (χ1v) is 11.2. The summed E-state index contributed by atoms with van der Waals surface area (Å²) < 4.78 is 11.6. The van der Waals surface area contributed by atoms with Gasteiger partial charge in [0.1, 0.15) is 5.75 Å². The van der Waals surface area contributed by atoms with Crippen LogP contribution in [-0.4, -0.2) is 58.0 Å². The Morgan fingerprint density at radius 2 is 1.93 bits per heavy atom. The summed E-state index contributed by atoms with van der Waals surface area (Å²) in [5, 5.41) is 7.51. The normalized spacial score (nSPS) is 30.0. The molecule has 2 aliphatic heterocycles. The number of methoxy groups -OCH3 is 1. The van der Waals surface area contributed by atoms with Gasteiger partial charge in [0, 0.05) is 50.2 Å². The van der Waals surface area contributed by atoms with Gasteiger partial charge >= 0.3 is 0 Å². The summed E-state index contributed by atoms with van der Waals surface area (Å²) in [7, 11) is 3.64. The third-order valence-corrected chi connectivity index (χ3v) is 7.81. The number of nitrogens with zero attached hydrogens (tertiary/aromatic N) is 2. The highest BCUT2D eigenvalue weighted by Crippen LogP contribution is 2.62. The number of rotatable bonds is 4. The van der Waals surface area contributed by atoms with Crippen molar-refractivity contribution in [2.75, 3.05) is 38.8 Å². The highest BCUT2D eigenvalue weighted by Gasteiger charge is 2.66. The Hall–Kier alpha value is -1.22. The second-order valence-corrected chi connectivity index (χ2v) is 9.10. The average molecular weight is 526 g/mol. The molecule has 0 amide bonds. The van der Waals surface area contributed by atoms with Gasteiger partial charge in [0.05, 0.1) is 18.9 Å². The topological polar surface area (TPSA) is 58.1 Å². The van der Waals surface area contributed by atoms with Crippen molar-refractivity contribution in [3.8, 4) is 5.75 Å². The van der Waals surface area contributed by atoms with Gasteiger partial charge in [-0.2, -0.15) is 0 Å². The van der Waals surface area contributed by atoms with Gasteiger partial charge in [0.15, 0.2) is 5.96 Å². The van der Waals surface area contributed by atoms with Crippen LogP contribution in [0.4, 0.5) is 5.69 Å².